The number of ether oxygens (including phenoxy) is 1. The molecule has 142 valence electrons. The lowest BCUT2D eigenvalue weighted by molar-refractivity contribution is -0.389. The van der Waals surface area contributed by atoms with Crippen molar-refractivity contribution in [2.24, 2.45) is 0 Å². The van der Waals surface area contributed by atoms with Gasteiger partial charge in [-0.15, -0.1) is 0 Å². The van der Waals surface area contributed by atoms with Crippen LogP contribution in [0.3, 0.4) is 0 Å². The van der Waals surface area contributed by atoms with Crippen LogP contribution in [0.5, 0.6) is 5.75 Å². The first kappa shape index (κ1) is 18.8. The number of carbonyl (C=O) groups excluding carboxylic acids is 1. The summed E-state index contributed by atoms with van der Waals surface area (Å²) in [6.07, 6.45) is -0.107. The Balaban J connectivity index is 1.97. The number of anilines is 1. The van der Waals surface area contributed by atoms with Crippen molar-refractivity contribution in [2.45, 2.75) is 52.2 Å². The summed E-state index contributed by atoms with van der Waals surface area (Å²) in [6, 6.07) is 10.8. The minimum absolute atomic E-state index is 0.0371. The average Bonchev–Trinajstić information content (AvgIpc) is 2.63. The van der Waals surface area contributed by atoms with Crippen molar-refractivity contribution < 1.29 is 14.5 Å². The van der Waals surface area contributed by atoms with E-state index in [2.05, 4.69) is 25.8 Å². The zero-order valence-electron chi connectivity index (χ0n) is 15.9. The molecule has 7 heteroatoms. The predicted molar refractivity (Wildman–Crippen MR) is 102 cm³/mol. The Bertz CT molecular complexity index is 872. The van der Waals surface area contributed by atoms with Gasteiger partial charge in [0, 0.05) is 6.07 Å². The molecule has 7 nitrogen and oxygen atoms in total. The van der Waals surface area contributed by atoms with Gasteiger partial charge in [-0.2, -0.15) is 0 Å². The van der Waals surface area contributed by atoms with Crippen molar-refractivity contribution in [3.63, 3.8) is 0 Å². The summed E-state index contributed by atoms with van der Waals surface area (Å²) in [5.74, 6) is 0.0308. The van der Waals surface area contributed by atoms with E-state index in [1.165, 1.54) is 22.6 Å². The normalized spacial score (nSPS) is 16.7. The highest BCUT2D eigenvalue weighted by molar-refractivity contribution is 5.99. The Kier molecular flexibility index (Phi) is 4.87. The molecule has 1 aliphatic rings. The molecule has 0 saturated carbocycles. The molecule has 1 atom stereocenters. The zero-order valence-corrected chi connectivity index (χ0v) is 15.9. The van der Waals surface area contributed by atoms with E-state index in [4.69, 9.17) is 4.74 Å². The number of pyridine rings is 1. The molecular weight excluding hydrogens is 346 g/mol. The van der Waals surface area contributed by atoms with Gasteiger partial charge in [-0.1, -0.05) is 52.0 Å². The van der Waals surface area contributed by atoms with E-state index in [9.17, 15) is 14.9 Å². The number of rotatable bonds is 4. The Hall–Kier alpha value is -2.96. The van der Waals surface area contributed by atoms with E-state index in [1.54, 1.807) is 0 Å². The quantitative estimate of drug-likeness (QED) is 0.601. The number of hydrogen-bond donors (Lipinski definition) is 0. The second-order valence-electron chi connectivity index (χ2n) is 7.63. The summed E-state index contributed by atoms with van der Waals surface area (Å²) >= 11 is 0. The van der Waals surface area contributed by atoms with Gasteiger partial charge in [0.1, 0.15) is 0 Å². The summed E-state index contributed by atoms with van der Waals surface area (Å²) in [5, 5.41) is 11.1. The molecule has 1 aromatic carbocycles. The monoisotopic (exact) mass is 369 g/mol. The van der Waals surface area contributed by atoms with Crippen molar-refractivity contribution in [1.29, 1.82) is 0 Å². The van der Waals surface area contributed by atoms with Crippen LogP contribution >= 0.6 is 0 Å². The van der Waals surface area contributed by atoms with Gasteiger partial charge in [0.2, 0.25) is 0 Å². The lowest BCUT2D eigenvalue weighted by Crippen LogP contribution is -2.45. The minimum Gasteiger partial charge on any atom is -0.474 e. The molecule has 3 rings (SSSR count). The lowest BCUT2D eigenvalue weighted by Gasteiger charge is -2.30. The Morgan fingerprint density at radius 1 is 1.19 bits per heavy atom. The number of carbonyl (C=O) groups is 1. The van der Waals surface area contributed by atoms with Gasteiger partial charge in [0.25, 0.3) is 11.7 Å². The summed E-state index contributed by atoms with van der Waals surface area (Å²) in [4.78, 5) is 28.9. The van der Waals surface area contributed by atoms with Crippen molar-refractivity contribution in [1.82, 2.24) is 4.98 Å². The summed E-state index contributed by atoms with van der Waals surface area (Å²) < 4.78 is 5.68. The van der Waals surface area contributed by atoms with E-state index in [1.807, 2.05) is 31.2 Å². The van der Waals surface area contributed by atoms with Crippen LogP contribution < -0.4 is 9.64 Å². The van der Waals surface area contributed by atoms with Gasteiger partial charge in [-0.05, 0) is 38.9 Å². The van der Waals surface area contributed by atoms with Crippen LogP contribution in [0.4, 0.5) is 11.6 Å². The Morgan fingerprint density at radius 2 is 1.85 bits per heavy atom. The minimum atomic E-state index is -0.616. The zero-order chi connectivity index (χ0) is 19.8. The fourth-order valence-electron chi connectivity index (χ4n) is 3.00. The van der Waals surface area contributed by atoms with Crippen molar-refractivity contribution in [2.75, 3.05) is 4.90 Å². The Morgan fingerprint density at radius 3 is 2.41 bits per heavy atom. The summed E-state index contributed by atoms with van der Waals surface area (Å²) in [5.41, 5.74) is 2.16. The molecule has 27 heavy (non-hydrogen) atoms. The topological polar surface area (TPSA) is 85.6 Å². The first-order chi connectivity index (χ1) is 12.7. The third kappa shape index (κ3) is 3.77. The number of nitro groups is 1. The van der Waals surface area contributed by atoms with Gasteiger partial charge >= 0.3 is 5.82 Å². The standard InChI is InChI=1S/C20H23N3O4/c1-5-15-19(24)22(12-13-6-8-14(9-7-13)20(2,3)4)18-16(27-15)10-11-17(21-18)23(25)26/h6-11,15H,5,12H2,1-4H3. The molecule has 1 amide bonds. The number of aromatic nitrogens is 1. The van der Waals surface area contributed by atoms with Crippen LogP contribution in [0.2, 0.25) is 0 Å². The second-order valence-corrected chi connectivity index (χ2v) is 7.63. The first-order valence-corrected chi connectivity index (χ1v) is 8.93. The first-order valence-electron chi connectivity index (χ1n) is 8.93. The molecule has 1 unspecified atom stereocenters. The molecule has 1 aromatic heterocycles. The highest BCUT2D eigenvalue weighted by Gasteiger charge is 2.38. The van der Waals surface area contributed by atoms with Crippen molar-refractivity contribution >= 4 is 17.5 Å². The smallest absolute Gasteiger partial charge is 0.366 e. The maximum Gasteiger partial charge on any atom is 0.366 e. The average molecular weight is 369 g/mol. The summed E-state index contributed by atoms with van der Waals surface area (Å²) in [7, 11) is 0. The number of benzene rings is 1. The van der Waals surface area contributed by atoms with E-state index in [0.717, 1.165) is 5.56 Å². The number of amides is 1. The number of hydrogen-bond acceptors (Lipinski definition) is 5. The highest BCUT2D eigenvalue weighted by Crippen LogP contribution is 2.35. The van der Waals surface area contributed by atoms with Crippen LogP contribution in [0, 0.1) is 10.1 Å². The van der Waals surface area contributed by atoms with E-state index < -0.39 is 11.0 Å². The second kappa shape index (κ2) is 6.98. The van der Waals surface area contributed by atoms with Gasteiger partial charge in [0.05, 0.1) is 6.54 Å². The molecule has 0 N–H and O–H groups in total. The van der Waals surface area contributed by atoms with Gasteiger partial charge in [0.15, 0.2) is 11.9 Å². The van der Waals surface area contributed by atoms with Gasteiger partial charge in [-0.3, -0.25) is 9.69 Å². The Labute approximate surface area is 158 Å². The third-order valence-corrected chi connectivity index (χ3v) is 4.61. The third-order valence-electron chi connectivity index (χ3n) is 4.61. The van der Waals surface area contributed by atoms with Crippen LogP contribution in [0.1, 0.15) is 45.2 Å². The fraction of sp³-hybridized carbons (Fsp3) is 0.400. The molecule has 1 aliphatic heterocycles. The van der Waals surface area contributed by atoms with Crippen LogP contribution in [0.15, 0.2) is 36.4 Å². The SMILES string of the molecule is CCC1Oc2ccc([N+](=O)[O-])nc2N(Cc2ccc(C(C)(C)C)cc2)C1=O. The fourth-order valence-corrected chi connectivity index (χ4v) is 3.00. The molecule has 0 radical (unpaired) electrons. The van der Waals surface area contributed by atoms with E-state index >= 15 is 0 Å². The van der Waals surface area contributed by atoms with E-state index in [-0.39, 0.29) is 29.5 Å². The molecule has 0 spiro atoms. The van der Waals surface area contributed by atoms with Gasteiger partial charge in [-0.25, -0.2) is 0 Å². The molecule has 0 saturated heterocycles. The van der Waals surface area contributed by atoms with Crippen molar-refractivity contribution in [3.8, 4) is 5.75 Å². The largest absolute Gasteiger partial charge is 0.474 e. The summed E-state index contributed by atoms with van der Waals surface area (Å²) in [6.45, 7) is 8.56. The predicted octanol–water partition coefficient (Wildman–Crippen LogP) is 3.99. The molecule has 2 heterocycles. The number of fused-ring (bicyclic) bond motifs is 1. The lowest BCUT2D eigenvalue weighted by atomic mass is 9.87. The molecule has 0 aliphatic carbocycles. The number of nitrogens with zero attached hydrogens (tertiary/aromatic N) is 3. The maximum atomic E-state index is 12.8. The maximum absolute atomic E-state index is 12.8. The van der Waals surface area contributed by atoms with Crippen LogP contribution in [-0.2, 0) is 16.8 Å². The van der Waals surface area contributed by atoms with Crippen LogP contribution in [-0.4, -0.2) is 21.9 Å². The van der Waals surface area contributed by atoms with E-state index in [0.29, 0.717) is 12.2 Å². The van der Waals surface area contributed by atoms with Crippen LogP contribution in [0.25, 0.3) is 0 Å². The molecule has 0 bridgehead atoms. The van der Waals surface area contributed by atoms with Crippen molar-refractivity contribution in [3.05, 3.63) is 57.6 Å². The molecular formula is C20H23N3O4. The highest BCUT2D eigenvalue weighted by atomic mass is 16.6. The molecule has 2 aromatic rings. The molecule has 0 fully saturated rings. The van der Waals surface area contributed by atoms with Gasteiger partial charge < -0.3 is 14.9 Å².